The minimum absolute atomic E-state index is 0.442. The van der Waals surface area contributed by atoms with Crippen molar-refractivity contribution in [2.24, 2.45) is 0 Å². The van der Waals surface area contributed by atoms with Gasteiger partial charge in [0.15, 0.2) is 5.65 Å². The summed E-state index contributed by atoms with van der Waals surface area (Å²) in [6, 6.07) is 6.40. The van der Waals surface area contributed by atoms with Crippen molar-refractivity contribution in [3.63, 3.8) is 0 Å². The lowest BCUT2D eigenvalue weighted by molar-refractivity contribution is 0.519. The molecule has 23 heavy (non-hydrogen) atoms. The Balaban J connectivity index is 1.47. The molecule has 1 aliphatic rings. The lowest BCUT2D eigenvalue weighted by Gasteiger charge is -2.34. The molecule has 7 heteroatoms. The van der Waals surface area contributed by atoms with Gasteiger partial charge >= 0.3 is 0 Å². The van der Waals surface area contributed by atoms with E-state index in [1.54, 1.807) is 18.7 Å². The van der Waals surface area contributed by atoms with Gasteiger partial charge in [0.25, 0.3) is 0 Å². The number of fused-ring (bicyclic) bond motifs is 1. The van der Waals surface area contributed by atoms with Crippen LogP contribution >= 0.6 is 0 Å². The Bertz CT molecular complexity index is 791. The molecule has 7 nitrogen and oxygen atoms in total. The van der Waals surface area contributed by atoms with Crippen molar-refractivity contribution in [3.05, 3.63) is 42.6 Å². The average molecular weight is 309 g/mol. The average Bonchev–Trinajstić information content (AvgIpc) is 3.04. The van der Waals surface area contributed by atoms with E-state index in [9.17, 15) is 0 Å². The third kappa shape index (κ3) is 2.81. The molecule has 3 aromatic heterocycles. The number of piperidine rings is 1. The van der Waals surface area contributed by atoms with Crippen molar-refractivity contribution in [1.29, 1.82) is 0 Å². The third-order valence-corrected chi connectivity index (χ3v) is 4.22. The predicted molar refractivity (Wildman–Crippen MR) is 88.6 cm³/mol. The zero-order chi connectivity index (χ0) is 15.6. The standard InChI is InChI=1S/C16H19N7/c1-12-10-16(23-15(20-12)3-7-19-23)22-8-4-13(5-9-22)21-14-2-6-17-11-18-14/h2-3,6-7,10-11,13H,4-5,8-9H2,1H3,(H,17,18,21). The molecule has 1 fully saturated rings. The summed E-state index contributed by atoms with van der Waals surface area (Å²) < 4.78 is 1.92. The summed E-state index contributed by atoms with van der Waals surface area (Å²) in [5.41, 5.74) is 1.93. The molecule has 118 valence electrons. The van der Waals surface area contributed by atoms with Gasteiger partial charge in [-0.15, -0.1) is 0 Å². The van der Waals surface area contributed by atoms with Gasteiger partial charge in [0, 0.05) is 43.2 Å². The molecule has 0 unspecified atom stereocenters. The first-order chi connectivity index (χ1) is 11.3. The first-order valence-electron chi connectivity index (χ1n) is 7.88. The van der Waals surface area contributed by atoms with Gasteiger partial charge in [-0.2, -0.15) is 9.61 Å². The molecule has 0 atom stereocenters. The zero-order valence-corrected chi connectivity index (χ0v) is 13.1. The number of anilines is 2. The highest BCUT2D eigenvalue weighted by molar-refractivity contribution is 5.51. The maximum absolute atomic E-state index is 4.51. The van der Waals surface area contributed by atoms with Crippen LogP contribution in [0.3, 0.4) is 0 Å². The van der Waals surface area contributed by atoms with Crippen LogP contribution in [0.4, 0.5) is 11.6 Å². The van der Waals surface area contributed by atoms with Gasteiger partial charge < -0.3 is 10.2 Å². The van der Waals surface area contributed by atoms with Crippen molar-refractivity contribution < 1.29 is 0 Å². The van der Waals surface area contributed by atoms with Gasteiger partial charge in [0.1, 0.15) is 18.0 Å². The molecule has 3 aromatic rings. The van der Waals surface area contributed by atoms with E-state index in [0.717, 1.165) is 48.9 Å². The van der Waals surface area contributed by atoms with Crippen molar-refractivity contribution in [2.45, 2.75) is 25.8 Å². The second kappa shape index (κ2) is 5.83. The quantitative estimate of drug-likeness (QED) is 0.797. The molecule has 4 rings (SSSR count). The first-order valence-corrected chi connectivity index (χ1v) is 7.88. The molecular weight excluding hydrogens is 290 g/mol. The summed E-state index contributed by atoms with van der Waals surface area (Å²) in [6.07, 6.45) is 7.27. The molecule has 0 radical (unpaired) electrons. The minimum Gasteiger partial charge on any atom is -0.367 e. The number of aryl methyl sites for hydroxylation is 1. The van der Waals surface area contributed by atoms with E-state index in [0.29, 0.717) is 6.04 Å². The normalized spacial score (nSPS) is 16.0. The van der Waals surface area contributed by atoms with E-state index in [1.807, 2.05) is 23.6 Å². The second-order valence-corrected chi connectivity index (χ2v) is 5.86. The SMILES string of the molecule is Cc1cc(N2CCC(Nc3ccncn3)CC2)n2nccc2n1. The summed E-state index contributed by atoms with van der Waals surface area (Å²) in [5, 5.41) is 7.89. The maximum Gasteiger partial charge on any atom is 0.157 e. The van der Waals surface area contributed by atoms with Crippen LogP contribution < -0.4 is 10.2 Å². The summed E-state index contributed by atoms with van der Waals surface area (Å²) in [5.74, 6) is 2.02. The van der Waals surface area contributed by atoms with Crippen molar-refractivity contribution >= 4 is 17.3 Å². The molecule has 0 aliphatic carbocycles. The van der Waals surface area contributed by atoms with E-state index in [2.05, 4.69) is 36.3 Å². The number of hydrogen-bond acceptors (Lipinski definition) is 6. The summed E-state index contributed by atoms with van der Waals surface area (Å²) >= 11 is 0. The molecule has 1 N–H and O–H groups in total. The summed E-state index contributed by atoms with van der Waals surface area (Å²) in [7, 11) is 0. The van der Waals surface area contributed by atoms with Crippen LogP contribution in [0, 0.1) is 6.92 Å². The number of rotatable bonds is 3. The Morgan fingerprint density at radius 3 is 2.83 bits per heavy atom. The molecule has 0 aromatic carbocycles. The highest BCUT2D eigenvalue weighted by Crippen LogP contribution is 2.22. The number of nitrogens with one attached hydrogen (secondary N) is 1. The predicted octanol–water partition coefficient (Wildman–Crippen LogP) is 1.91. The Kier molecular flexibility index (Phi) is 3.53. The monoisotopic (exact) mass is 309 g/mol. The highest BCUT2D eigenvalue weighted by atomic mass is 15.3. The Morgan fingerprint density at radius 2 is 2.04 bits per heavy atom. The van der Waals surface area contributed by atoms with Gasteiger partial charge in [-0.1, -0.05) is 0 Å². The third-order valence-electron chi connectivity index (χ3n) is 4.22. The minimum atomic E-state index is 0.442. The van der Waals surface area contributed by atoms with Gasteiger partial charge in [0.05, 0.1) is 6.20 Å². The molecular formula is C16H19N7. The molecule has 1 saturated heterocycles. The molecule has 1 aliphatic heterocycles. The van der Waals surface area contributed by atoms with E-state index in [1.165, 1.54) is 0 Å². The van der Waals surface area contributed by atoms with Gasteiger partial charge in [-0.3, -0.25) is 0 Å². The van der Waals surface area contributed by atoms with Crippen LogP contribution in [0.15, 0.2) is 36.9 Å². The fourth-order valence-electron chi connectivity index (χ4n) is 3.08. The van der Waals surface area contributed by atoms with Gasteiger partial charge in [-0.25, -0.2) is 15.0 Å². The van der Waals surface area contributed by atoms with Crippen LogP contribution in [-0.2, 0) is 0 Å². The van der Waals surface area contributed by atoms with E-state index >= 15 is 0 Å². The molecule has 0 bridgehead atoms. The lowest BCUT2D eigenvalue weighted by Crippen LogP contribution is -2.40. The van der Waals surface area contributed by atoms with Crippen LogP contribution in [0.2, 0.25) is 0 Å². The molecule has 0 amide bonds. The fraction of sp³-hybridized carbons (Fsp3) is 0.375. The molecule has 0 saturated carbocycles. The lowest BCUT2D eigenvalue weighted by atomic mass is 10.1. The van der Waals surface area contributed by atoms with E-state index in [-0.39, 0.29) is 0 Å². The fourth-order valence-corrected chi connectivity index (χ4v) is 3.08. The van der Waals surface area contributed by atoms with Crippen molar-refractivity contribution in [2.75, 3.05) is 23.3 Å². The smallest absolute Gasteiger partial charge is 0.157 e. The number of nitrogens with zero attached hydrogens (tertiary/aromatic N) is 6. The van der Waals surface area contributed by atoms with E-state index < -0.39 is 0 Å². The molecule has 0 spiro atoms. The van der Waals surface area contributed by atoms with Crippen LogP contribution in [0.1, 0.15) is 18.5 Å². The largest absolute Gasteiger partial charge is 0.367 e. The van der Waals surface area contributed by atoms with Crippen LogP contribution in [-0.4, -0.2) is 43.7 Å². The Morgan fingerprint density at radius 1 is 1.17 bits per heavy atom. The number of hydrogen-bond donors (Lipinski definition) is 1. The molecule has 4 heterocycles. The summed E-state index contributed by atoms with van der Waals surface area (Å²) in [4.78, 5) is 15.1. The van der Waals surface area contributed by atoms with Crippen molar-refractivity contribution in [1.82, 2.24) is 24.6 Å². The Hall–Kier alpha value is -2.70. The van der Waals surface area contributed by atoms with Gasteiger partial charge in [0.2, 0.25) is 0 Å². The second-order valence-electron chi connectivity index (χ2n) is 5.86. The Labute approximate surface area is 134 Å². The number of aromatic nitrogens is 5. The highest BCUT2D eigenvalue weighted by Gasteiger charge is 2.21. The van der Waals surface area contributed by atoms with Crippen LogP contribution in [0.5, 0.6) is 0 Å². The van der Waals surface area contributed by atoms with E-state index in [4.69, 9.17) is 0 Å². The van der Waals surface area contributed by atoms with Crippen LogP contribution in [0.25, 0.3) is 5.65 Å². The zero-order valence-electron chi connectivity index (χ0n) is 13.1. The topological polar surface area (TPSA) is 71.2 Å². The summed E-state index contributed by atoms with van der Waals surface area (Å²) in [6.45, 7) is 4.00. The maximum atomic E-state index is 4.51. The van der Waals surface area contributed by atoms with Crippen molar-refractivity contribution in [3.8, 4) is 0 Å². The first kappa shape index (κ1) is 13.9. The van der Waals surface area contributed by atoms with Gasteiger partial charge in [-0.05, 0) is 25.8 Å².